The molecule has 0 atom stereocenters. The molecule has 2 N–H and O–H groups in total. The summed E-state index contributed by atoms with van der Waals surface area (Å²) in [4.78, 5) is 8.93. The molecule has 8 heteroatoms. The van der Waals surface area contributed by atoms with Crippen molar-refractivity contribution in [3.05, 3.63) is 11.6 Å². The maximum atomic E-state index is 4.66. The van der Waals surface area contributed by atoms with E-state index in [4.69, 9.17) is 0 Å². The Morgan fingerprint density at radius 3 is 2.77 bits per heavy atom. The van der Waals surface area contributed by atoms with E-state index in [-0.39, 0.29) is 28.7 Å². The molecule has 1 aromatic heterocycles. The molecule has 0 fully saturated rings. The van der Waals surface area contributed by atoms with Gasteiger partial charge in [-0.05, 0) is 33.4 Å². The van der Waals surface area contributed by atoms with E-state index in [0.717, 1.165) is 42.1 Å². The van der Waals surface area contributed by atoms with Crippen molar-refractivity contribution in [2.75, 3.05) is 31.6 Å². The third-order valence-electron chi connectivity index (χ3n) is 2.76. The number of rotatable bonds is 9. The van der Waals surface area contributed by atoms with E-state index in [1.165, 1.54) is 0 Å². The van der Waals surface area contributed by atoms with Crippen molar-refractivity contribution < 1.29 is 0 Å². The van der Waals surface area contributed by atoms with Crippen LogP contribution in [-0.4, -0.2) is 47.3 Å². The van der Waals surface area contributed by atoms with E-state index in [1.807, 2.05) is 35.1 Å². The summed E-state index contributed by atoms with van der Waals surface area (Å²) in [7, 11) is 0. The van der Waals surface area contributed by atoms with Gasteiger partial charge in [-0.3, -0.25) is 4.99 Å². The van der Waals surface area contributed by atoms with Crippen molar-refractivity contribution in [3.63, 3.8) is 0 Å². The van der Waals surface area contributed by atoms with Crippen LogP contribution in [0.3, 0.4) is 0 Å². The molecule has 0 amide bonds. The molecule has 0 aliphatic heterocycles. The average Bonchev–Trinajstić information content (AvgIpc) is 2.97. The topological polar surface area (TPSA) is 49.3 Å². The minimum Gasteiger partial charge on any atom is -0.357 e. The number of thioether (sulfide) groups is 2. The van der Waals surface area contributed by atoms with Crippen LogP contribution in [0.15, 0.2) is 20.9 Å². The van der Waals surface area contributed by atoms with Gasteiger partial charge in [-0.2, -0.15) is 11.8 Å². The first kappa shape index (κ1) is 22.3. The van der Waals surface area contributed by atoms with Crippen molar-refractivity contribution in [1.82, 2.24) is 15.6 Å². The zero-order valence-electron chi connectivity index (χ0n) is 13.7. The maximum Gasteiger partial charge on any atom is 0.191 e. The first-order valence-electron chi connectivity index (χ1n) is 7.17. The van der Waals surface area contributed by atoms with Crippen LogP contribution >= 0.6 is 58.8 Å². The second-order valence-electron chi connectivity index (χ2n) is 5.09. The first-order chi connectivity index (χ1) is 10.1. The summed E-state index contributed by atoms with van der Waals surface area (Å²) in [6.45, 7) is 9.17. The normalized spacial score (nSPS) is 11.9. The van der Waals surface area contributed by atoms with Crippen LogP contribution in [0, 0.1) is 0 Å². The standard InChI is InChI=1S/C14H26N4S3.HI/c1-5-15-12(18-11-14(2,3)19-4)16-7-6-9-20-13-17-8-10-21-13;/h8,10H,5-7,9,11H2,1-4H3,(H2,15,16,18);1H. The number of hydrogen-bond donors (Lipinski definition) is 2. The molecule has 0 spiro atoms. The molecule has 0 aromatic carbocycles. The third kappa shape index (κ3) is 10.2. The Labute approximate surface area is 164 Å². The van der Waals surface area contributed by atoms with Crippen molar-refractivity contribution in [1.29, 1.82) is 0 Å². The molecule has 0 bridgehead atoms. The quantitative estimate of drug-likeness (QED) is 0.187. The van der Waals surface area contributed by atoms with E-state index in [9.17, 15) is 0 Å². The highest BCUT2D eigenvalue weighted by Crippen LogP contribution is 2.21. The zero-order chi connectivity index (χ0) is 15.6. The molecular weight excluding hydrogens is 447 g/mol. The van der Waals surface area contributed by atoms with Gasteiger partial charge < -0.3 is 10.6 Å². The lowest BCUT2D eigenvalue weighted by Crippen LogP contribution is -2.39. The zero-order valence-corrected chi connectivity index (χ0v) is 18.5. The predicted octanol–water partition coefficient (Wildman–Crippen LogP) is 3.94. The lowest BCUT2D eigenvalue weighted by Gasteiger charge is -2.20. The van der Waals surface area contributed by atoms with Gasteiger partial charge in [-0.25, -0.2) is 4.98 Å². The highest BCUT2D eigenvalue weighted by molar-refractivity contribution is 14.0. The summed E-state index contributed by atoms with van der Waals surface area (Å²) in [6.07, 6.45) is 5.08. The van der Waals surface area contributed by atoms with Crippen LogP contribution in [0.2, 0.25) is 0 Å². The Kier molecular flexibility index (Phi) is 12.9. The fourth-order valence-electron chi connectivity index (χ4n) is 1.40. The van der Waals surface area contributed by atoms with Crippen molar-refractivity contribution in [3.8, 4) is 0 Å². The molecule has 4 nitrogen and oxygen atoms in total. The number of guanidine groups is 1. The predicted molar refractivity (Wildman–Crippen MR) is 114 cm³/mol. The van der Waals surface area contributed by atoms with E-state index >= 15 is 0 Å². The van der Waals surface area contributed by atoms with Crippen LogP contribution in [0.1, 0.15) is 27.2 Å². The van der Waals surface area contributed by atoms with E-state index in [1.54, 1.807) is 11.3 Å². The molecule has 128 valence electrons. The Hall–Kier alpha value is 0.330. The number of thiazole rings is 1. The molecule has 0 radical (unpaired) electrons. The second-order valence-corrected chi connectivity index (χ2v) is 8.84. The highest BCUT2D eigenvalue weighted by atomic mass is 127. The molecule has 1 heterocycles. The van der Waals surface area contributed by atoms with Crippen LogP contribution in [0.5, 0.6) is 0 Å². The monoisotopic (exact) mass is 474 g/mol. The highest BCUT2D eigenvalue weighted by Gasteiger charge is 2.15. The number of halogens is 1. The fourth-order valence-corrected chi connectivity index (χ4v) is 3.24. The van der Waals surface area contributed by atoms with Gasteiger partial charge in [0, 0.05) is 35.2 Å². The van der Waals surface area contributed by atoms with Gasteiger partial charge in [0.2, 0.25) is 0 Å². The van der Waals surface area contributed by atoms with Gasteiger partial charge in [-0.15, -0.1) is 35.3 Å². The Bertz CT molecular complexity index is 410. The molecule has 22 heavy (non-hydrogen) atoms. The number of nitrogens with one attached hydrogen (secondary N) is 2. The third-order valence-corrected chi connectivity index (χ3v) is 6.05. The summed E-state index contributed by atoms with van der Waals surface area (Å²) in [5.74, 6) is 2.00. The van der Waals surface area contributed by atoms with Crippen molar-refractivity contribution >= 4 is 64.8 Å². The molecule has 0 aliphatic carbocycles. The van der Waals surface area contributed by atoms with E-state index < -0.39 is 0 Å². The molecule has 1 rings (SSSR count). The van der Waals surface area contributed by atoms with Gasteiger partial charge in [0.15, 0.2) is 5.96 Å². The Morgan fingerprint density at radius 1 is 1.41 bits per heavy atom. The van der Waals surface area contributed by atoms with Gasteiger partial charge in [0.25, 0.3) is 0 Å². The SMILES string of the molecule is CCNC(=NCC(C)(C)SC)NCCCSc1nccs1.I. The first-order valence-corrected chi connectivity index (χ1v) is 10.3. The molecule has 0 saturated carbocycles. The molecule has 0 saturated heterocycles. The lowest BCUT2D eigenvalue weighted by molar-refractivity contribution is 0.709. The smallest absolute Gasteiger partial charge is 0.191 e. The van der Waals surface area contributed by atoms with Gasteiger partial charge in [0.05, 0.1) is 6.54 Å². The van der Waals surface area contributed by atoms with Crippen molar-refractivity contribution in [2.24, 2.45) is 4.99 Å². The fraction of sp³-hybridized carbons (Fsp3) is 0.714. The van der Waals surface area contributed by atoms with Crippen LogP contribution in [0.4, 0.5) is 0 Å². The van der Waals surface area contributed by atoms with Gasteiger partial charge >= 0.3 is 0 Å². The van der Waals surface area contributed by atoms with Crippen LogP contribution in [0.25, 0.3) is 0 Å². The average molecular weight is 475 g/mol. The van der Waals surface area contributed by atoms with Gasteiger partial charge in [0.1, 0.15) is 4.34 Å². The largest absolute Gasteiger partial charge is 0.357 e. The number of aromatic nitrogens is 1. The van der Waals surface area contributed by atoms with E-state index in [0.29, 0.717) is 0 Å². The number of nitrogens with zero attached hydrogens (tertiary/aromatic N) is 2. The molecule has 0 unspecified atom stereocenters. The summed E-state index contributed by atoms with van der Waals surface area (Å²) in [5.41, 5.74) is 0. The van der Waals surface area contributed by atoms with Crippen LogP contribution in [-0.2, 0) is 0 Å². The molecule has 1 aromatic rings. The summed E-state index contributed by atoms with van der Waals surface area (Å²) < 4.78 is 1.33. The minimum atomic E-state index is 0. The summed E-state index contributed by atoms with van der Waals surface area (Å²) in [6, 6.07) is 0. The molecular formula is C14H27IN4S3. The minimum absolute atomic E-state index is 0. The molecule has 0 aliphatic rings. The Balaban J connectivity index is 0.00000441. The van der Waals surface area contributed by atoms with Crippen molar-refractivity contribution in [2.45, 2.75) is 36.3 Å². The maximum absolute atomic E-state index is 4.66. The summed E-state index contributed by atoms with van der Waals surface area (Å²) >= 11 is 5.36. The Morgan fingerprint density at radius 2 is 2.18 bits per heavy atom. The number of hydrogen-bond acceptors (Lipinski definition) is 5. The van der Waals surface area contributed by atoms with E-state index in [2.05, 4.69) is 47.6 Å². The number of aliphatic imine (C=N–C) groups is 1. The van der Waals surface area contributed by atoms with Crippen LogP contribution < -0.4 is 10.6 Å². The lowest BCUT2D eigenvalue weighted by atomic mass is 10.2. The van der Waals surface area contributed by atoms with Gasteiger partial charge in [-0.1, -0.05) is 11.8 Å². The second kappa shape index (κ2) is 12.7. The summed E-state index contributed by atoms with van der Waals surface area (Å²) in [5, 5.41) is 8.71.